The fourth-order valence-corrected chi connectivity index (χ4v) is 2.65. The van der Waals surface area contributed by atoms with Crippen LogP contribution in [0.5, 0.6) is 0 Å². The van der Waals surface area contributed by atoms with Crippen molar-refractivity contribution in [2.45, 2.75) is 13.8 Å². The number of amides is 1. The van der Waals surface area contributed by atoms with Crippen molar-refractivity contribution in [1.82, 2.24) is 4.98 Å². The van der Waals surface area contributed by atoms with Crippen molar-refractivity contribution < 1.29 is 14.3 Å². The van der Waals surface area contributed by atoms with E-state index in [0.29, 0.717) is 22.2 Å². The number of nitrogens with one attached hydrogen (secondary N) is 1. The van der Waals surface area contributed by atoms with Crippen molar-refractivity contribution in [3.63, 3.8) is 0 Å². The highest BCUT2D eigenvalue weighted by molar-refractivity contribution is 6.08. The molecule has 0 saturated carbocycles. The highest BCUT2D eigenvalue weighted by Crippen LogP contribution is 2.26. The highest BCUT2D eigenvalue weighted by atomic mass is 16.5. The van der Waals surface area contributed by atoms with Gasteiger partial charge < -0.3 is 15.8 Å². The number of carbonyl (C=O) groups is 2. The van der Waals surface area contributed by atoms with Gasteiger partial charge in [0, 0.05) is 22.8 Å². The molecule has 0 aliphatic heterocycles. The Morgan fingerprint density at radius 2 is 2.00 bits per heavy atom. The number of anilines is 2. The molecule has 3 aromatic rings. The quantitative estimate of drug-likeness (QED) is 0.702. The van der Waals surface area contributed by atoms with E-state index in [1.165, 1.54) is 6.20 Å². The molecule has 0 atom stereocenters. The van der Waals surface area contributed by atoms with Crippen LogP contribution in [-0.2, 0) is 4.74 Å². The predicted octanol–water partition coefficient (Wildman–Crippen LogP) is 3.55. The van der Waals surface area contributed by atoms with E-state index in [1.54, 1.807) is 31.2 Å². The van der Waals surface area contributed by atoms with E-state index in [4.69, 9.17) is 10.5 Å². The van der Waals surface area contributed by atoms with Gasteiger partial charge in [0.15, 0.2) is 0 Å². The molecule has 0 bridgehead atoms. The molecule has 0 unspecified atom stereocenters. The summed E-state index contributed by atoms with van der Waals surface area (Å²) in [5, 5.41) is 3.42. The predicted molar refractivity (Wildman–Crippen MR) is 101 cm³/mol. The molecule has 0 fully saturated rings. The largest absolute Gasteiger partial charge is 0.462 e. The van der Waals surface area contributed by atoms with Crippen molar-refractivity contribution in [2.75, 3.05) is 17.7 Å². The van der Waals surface area contributed by atoms with Crippen molar-refractivity contribution in [3.05, 3.63) is 65.4 Å². The van der Waals surface area contributed by atoms with E-state index in [2.05, 4.69) is 10.3 Å². The number of rotatable bonds is 4. The topological polar surface area (TPSA) is 94.3 Å². The fraction of sp³-hybridized carbons (Fsp3) is 0.150. The summed E-state index contributed by atoms with van der Waals surface area (Å²) < 4.78 is 4.99. The number of hydrogen-bond acceptors (Lipinski definition) is 5. The Labute approximate surface area is 151 Å². The second-order valence-corrected chi connectivity index (χ2v) is 5.86. The van der Waals surface area contributed by atoms with Crippen LogP contribution in [0.1, 0.15) is 33.2 Å². The molecule has 6 nitrogen and oxygen atoms in total. The van der Waals surface area contributed by atoms with Crippen LogP contribution in [0.25, 0.3) is 10.9 Å². The minimum absolute atomic E-state index is 0.210. The number of nitrogens with zero attached hydrogens (tertiary/aromatic N) is 1. The van der Waals surface area contributed by atoms with Gasteiger partial charge >= 0.3 is 5.97 Å². The SMILES string of the molecule is CCOC(=O)c1cnc2ccc(NC(=O)c3cccc(C)c3)cc2c1N. The number of pyridine rings is 1. The summed E-state index contributed by atoms with van der Waals surface area (Å²) >= 11 is 0. The molecule has 0 aliphatic rings. The van der Waals surface area contributed by atoms with E-state index >= 15 is 0 Å². The Hall–Kier alpha value is -3.41. The van der Waals surface area contributed by atoms with Crippen LogP contribution in [0.2, 0.25) is 0 Å². The van der Waals surface area contributed by atoms with Gasteiger partial charge in [-0.05, 0) is 44.2 Å². The van der Waals surface area contributed by atoms with E-state index in [-0.39, 0.29) is 23.8 Å². The third-order valence-corrected chi connectivity index (χ3v) is 3.94. The summed E-state index contributed by atoms with van der Waals surface area (Å²) in [5.74, 6) is -0.741. The molecule has 26 heavy (non-hydrogen) atoms. The van der Waals surface area contributed by atoms with Gasteiger partial charge in [-0.15, -0.1) is 0 Å². The van der Waals surface area contributed by atoms with Crippen LogP contribution >= 0.6 is 0 Å². The smallest absolute Gasteiger partial charge is 0.341 e. The zero-order valence-electron chi connectivity index (χ0n) is 14.6. The number of fused-ring (bicyclic) bond motifs is 1. The summed E-state index contributed by atoms with van der Waals surface area (Å²) in [6.45, 7) is 3.90. The first kappa shape index (κ1) is 17.4. The van der Waals surface area contributed by atoms with Crippen LogP contribution < -0.4 is 11.1 Å². The monoisotopic (exact) mass is 349 g/mol. The van der Waals surface area contributed by atoms with Gasteiger partial charge in [-0.1, -0.05) is 17.7 Å². The third kappa shape index (κ3) is 3.49. The molecule has 0 aliphatic carbocycles. The Morgan fingerprint density at radius 1 is 1.19 bits per heavy atom. The van der Waals surface area contributed by atoms with Crippen LogP contribution in [0.3, 0.4) is 0 Å². The number of nitrogen functional groups attached to an aromatic ring is 1. The average molecular weight is 349 g/mol. The molecule has 0 spiro atoms. The molecule has 3 rings (SSSR count). The zero-order valence-corrected chi connectivity index (χ0v) is 14.6. The Bertz CT molecular complexity index is 999. The van der Waals surface area contributed by atoms with Gasteiger partial charge in [-0.25, -0.2) is 4.79 Å². The highest BCUT2D eigenvalue weighted by Gasteiger charge is 2.15. The van der Waals surface area contributed by atoms with Crippen molar-refractivity contribution in [1.29, 1.82) is 0 Å². The first-order valence-electron chi connectivity index (χ1n) is 8.23. The lowest BCUT2D eigenvalue weighted by Crippen LogP contribution is -2.12. The molecule has 1 aromatic heterocycles. The zero-order chi connectivity index (χ0) is 18.7. The maximum absolute atomic E-state index is 12.4. The molecule has 132 valence electrons. The van der Waals surface area contributed by atoms with Crippen LogP contribution in [-0.4, -0.2) is 23.5 Å². The van der Waals surface area contributed by atoms with Gasteiger partial charge in [0.05, 0.1) is 17.8 Å². The second-order valence-electron chi connectivity index (χ2n) is 5.86. The first-order chi connectivity index (χ1) is 12.5. The van der Waals surface area contributed by atoms with Crippen LogP contribution in [0, 0.1) is 6.92 Å². The summed E-state index contributed by atoms with van der Waals surface area (Å²) in [6, 6.07) is 12.5. The normalized spacial score (nSPS) is 10.5. The van der Waals surface area contributed by atoms with Crippen LogP contribution in [0.15, 0.2) is 48.7 Å². The maximum Gasteiger partial charge on any atom is 0.341 e. The Balaban J connectivity index is 1.94. The first-order valence-corrected chi connectivity index (χ1v) is 8.23. The summed E-state index contributed by atoms with van der Waals surface area (Å²) in [6.07, 6.45) is 1.40. The van der Waals surface area contributed by atoms with Crippen LogP contribution in [0.4, 0.5) is 11.4 Å². The van der Waals surface area contributed by atoms with E-state index < -0.39 is 5.97 Å². The van der Waals surface area contributed by atoms with Crippen molar-refractivity contribution in [3.8, 4) is 0 Å². The molecule has 0 radical (unpaired) electrons. The number of carbonyl (C=O) groups excluding carboxylic acids is 2. The average Bonchev–Trinajstić information content (AvgIpc) is 2.62. The lowest BCUT2D eigenvalue weighted by molar-refractivity contribution is 0.0527. The number of esters is 1. The minimum Gasteiger partial charge on any atom is -0.462 e. The fourth-order valence-electron chi connectivity index (χ4n) is 2.65. The molecular weight excluding hydrogens is 330 g/mol. The maximum atomic E-state index is 12.4. The lowest BCUT2D eigenvalue weighted by atomic mass is 10.1. The Morgan fingerprint density at radius 3 is 2.73 bits per heavy atom. The molecule has 3 N–H and O–H groups in total. The third-order valence-electron chi connectivity index (χ3n) is 3.94. The molecule has 0 saturated heterocycles. The second kappa shape index (κ2) is 7.23. The standard InChI is InChI=1S/C20H19N3O3/c1-3-26-20(25)16-11-22-17-8-7-14(10-15(17)18(16)21)23-19(24)13-6-4-5-12(2)9-13/h4-11H,3H2,1-2H3,(H2,21,22)(H,23,24). The van der Waals surface area contributed by atoms with Gasteiger partial charge in [-0.2, -0.15) is 0 Å². The Kier molecular flexibility index (Phi) is 4.84. The lowest BCUT2D eigenvalue weighted by Gasteiger charge is -2.10. The van der Waals surface area contributed by atoms with Gasteiger partial charge in [0.25, 0.3) is 5.91 Å². The van der Waals surface area contributed by atoms with Gasteiger partial charge in [-0.3, -0.25) is 9.78 Å². The summed E-state index contributed by atoms with van der Waals surface area (Å²) in [4.78, 5) is 28.6. The van der Waals surface area contributed by atoms with Gasteiger partial charge in [0.1, 0.15) is 5.56 Å². The van der Waals surface area contributed by atoms with E-state index in [1.807, 2.05) is 25.1 Å². The van der Waals surface area contributed by atoms with E-state index in [9.17, 15) is 9.59 Å². The number of aromatic nitrogens is 1. The molecule has 2 aromatic carbocycles. The van der Waals surface area contributed by atoms with Gasteiger partial charge in [0.2, 0.25) is 0 Å². The number of benzene rings is 2. The minimum atomic E-state index is -0.520. The van der Waals surface area contributed by atoms with Crippen molar-refractivity contribution in [2.24, 2.45) is 0 Å². The number of ether oxygens (including phenoxy) is 1. The number of aryl methyl sites for hydroxylation is 1. The van der Waals surface area contributed by atoms with Crippen molar-refractivity contribution >= 4 is 34.2 Å². The number of nitrogens with two attached hydrogens (primary N) is 1. The molecule has 6 heteroatoms. The van der Waals surface area contributed by atoms with E-state index in [0.717, 1.165) is 5.56 Å². The summed E-state index contributed by atoms with van der Waals surface area (Å²) in [7, 11) is 0. The summed E-state index contributed by atoms with van der Waals surface area (Å²) in [5.41, 5.74) is 9.38. The molecular formula is C20H19N3O3. The molecule has 1 heterocycles. The number of hydrogen-bond donors (Lipinski definition) is 2. The molecule has 1 amide bonds.